The van der Waals surface area contributed by atoms with E-state index in [1.807, 2.05) is 0 Å². The molecule has 0 aromatic rings. The molecule has 0 heterocycles. The third kappa shape index (κ3) is 4.59. The van der Waals surface area contributed by atoms with Crippen molar-refractivity contribution in [2.75, 3.05) is 0 Å². The van der Waals surface area contributed by atoms with Gasteiger partial charge < -0.3 is 0 Å². The molecular formula is C8Cl15FO2. The minimum absolute atomic E-state index is 2.06. The van der Waals surface area contributed by atoms with Crippen LogP contribution in [0.2, 0.25) is 0 Å². The van der Waals surface area contributed by atoms with Crippen molar-refractivity contribution in [1.29, 1.82) is 0 Å². The van der Waals surface area contributed by atoms with Crippen molar-refractivity contribution < 1.29 is 14.3 Å². The van der Waals surface area contributed by atoms with E-state index in [1.165, 1.54) is 0 Å². The summed E-state index contributed by atoms with van der Waals surface area (Å²) in [6.45, 7) is 0. The Morgan fingerprint density at radius 2 is 0.808 bits per heavy atom. The molecule has 156 valence electrons. The predicted molar refractivity (Wildman–Crippen MR) is 114 cm³/mol. The van der Waals surface area contributed by atoms with Gasteiger partial charge in [-0.1, -0.05) is 174 Å². The fourth-order valence-corrected chi connectivity index (χ4v) is 5.40. The van der Waals surface area contributed by atoms with Crippen molar-refractivity contribution in [2.45, 2.75) is 29.8 Å². The lowest BCUT2D eigenvalue weighted by Crippen LogP contribution is -2.69. The third-order valence-corrected chi connectivity index (χ3v) is 12.6. The monoisotopic (exact) mass is 672 g/mol. The summed E-state index contributed by atoms with van der Waals surface area (Å²) in [7, 11) is 0. The highest BCUT2D eigenvalue weighted by Crippen LogP contribution is 2.71. The van der Waals surface area contributed by atoms with Crippen LogP contribution < -0.4 is 0 Å². The third-order valence-electron chi connectivity index (χ3n) is 2.65. The lowest BCUT2D eigenvalue weighted by molar-refractivity contribution is -0.185. The van der Waals surface area contributed by atoms with Crippen LogP contribution in [-0.4, -0.2) is 35.8 Å². The van der Waals surface area contributed by atoms with Crippen LogP contribution in [0.4, 0.5) is 4.53 Å². The maximum absolute atomic E-state index is 12.2. The van der Waals surface area contributed by atoms with E-state index in [1.54, 1.807) is 0 Å². The van der Waals surface area contributed by atoms with Crippen LogP contribution in [0.25, 0.3) is 0 Å². The fraction of sp³-hybridized carbons (Fsp3) is 0.875. The minimum Gasteiger partial charge on any atom is -0.251 e. The molecule has 0 saturated heterocycles. The smallest absolute Gasteiger partial charge is 0.251 e. The quantitative estimate of drug-likeness (QED) is 0.263. The highest BCUT2D eigenvalue weighted by Gasteiger charge is 2.80. The molecule has 0 aliphatic heterocycles. The summed E-state index contributed by atoms with van der Waals surface area (Å²) in [5.41, 5.74) is 0. The molecule has 2 nitrogen and oxygen atoms in total. The molecule has 0 fully saturated rings. The van der Waals surface area contributed by atoms with Crippen molar-refractivity contribution >= 4 is 180 Å². The zero-order valence-corrected chi connectivity index (χ0v) is 22.2. The Kier molecular flexibility index (Phi) is 10.2. The summed E-state index contributed by atoms with van der Waals surface area (Å²) in [4.78, 5) is 14.3. The predicted octanol–water partition coefficient (Wildman–Crippen LogP) is 8.83. The van der Waals surface area contributed by atoms with E-state index in [-0.39, 0.29) is 0 Å². The second kappa shape index (κ2) is 8.94. The number of carbonyl (C=O) groups excluding carboxylic acids is 1. The Labute approximate surface area is 221 Å². The minimum atomic E-state index is -3.23. The van der Waals surface area contributed by atoms with Gasteiger partial charge in [-0.25, -0.2) is 4.79 Å². The van der Waals surface area contributed by atoms with E-state index in [4.69, 9.17) is 174 Å². The zero-order chi connectivity index (χ0) is 21.8. The largest absolute Gasteiger partial charge is 0.387 e. The van der Waals surface area contributed by atoms with E-state index in [0.29, 0.717) is 0 Å². The summed E-state index contributed by atoms with van der Waals surface area (Å²) in [5, 5.41) is 0. The number of carbonyl (C=O) groups is 1. The summed E-state index contributed by atoms with van der Waals surface area (Å²) in [6, 6.07) is 0. The first-order chi connectivity index (χ1) is 11.0. The van der Waals surface area contributed by atoms with Gasteiger partial charge in [0.1, 0.15) is 0 Å². The Balaban J connectivity index is 6.56. The first-order valence-electron chi connectivity index (χ1n) is 5.15. The number of hydrogen-bond acceptors (Lipinski definition) is 2. The standard InChI is InChI=1S/C8Cl15FO2/c9-2(10,1(25)26-24)3(11,12)4(13,14)5(15,16)6(17,18)7(19,20)8(21,22)23. The first-order valence-corrected chi connectivity index (χ1v) is 10.8. The topological polar surface area (TPSA) is 26.3 Å². The number of alkyl halides is 15. The molecule has 0 saturated carbocycles. The van der Waals surface area contributed by atoms with Crippen molar-refractivity contribution in [3.05, 3.63) is 0 Å². The Morgan fingerprint density at radius 3 is 1.08 bits per heavy atom. The summed E-state index contributed by atoms with van der Waals surface area (Å²) < 4.78 is -8.98. The summed E-state index contributed by atoms with van der Waals surface area (Å²) in [6.07, 6.45) is 0. The van der Waals surface area contributed by atoms with Crippen LogP contribution in [0.15, 0.2) is 0 Å². The molecule has 0 rings (SSSR count). The Hall–Kier alpha value is 3.75. The highest BCUT2D eigenvalue weighted by molar-refractivity contribution is 6.83. The van der Waals surface area contributed by atoms with Crippen LogP contribution in [0.1, 0.15) is 0 Å². The van der Waals surface area contributed by atoms with Gasteiger partial charge in [0, 0.05) is 4.53 Å². The average molecular weight is 679 g/mol. The van der Waals surface area contributed by atoms with Gasteiger partial charge in [0.05, 0.1) is 0 Å². The second-order valence-electron chi connectivity index (χ2n) is 4.31. The lowest BCUT2D eigenvalue weighted by Gasteiger charge is -2.52. The second-order valence-corrected chi connectivity index (χ2v) is 14.6. The normalized spacial score (nSPS) is 15.8. The highest BCUT2D eigenvalue weighted by atomic mass is 35.6. The average Bonchev–Trinajstić information content (AvgIpc) is 2.43. The van der Waals surface area contributed by atoms with Gasteiger partial charge in [-0.15, -0.1) is 0 Å². The van der Waals surface area contributed by atoms with Crippen LogP contribution in [0.5, 0.6) is 0 Å². The molecule has 0 atom stereocenters. The van der Waals surface area contributed by atoms with Gasteiger partial charge in [-0.2, -0.15) is 0 Å². The molecular weight excluding hydrogens is 679 g/mol. The SMILES string of the molecule is O=C(OF)C(Cl)(Cl)C(Cl)(Cl)C(Cl)(Cl)C(Cl)(Cl)C(Cl)(Cl)C(Cl)(Cl)C(Cl)(Cl)Cl. The van der Waals surface area contributed by atoms with Crippen LogP contribution in [0.3, 0.4) is 0 Å². The molecule has 0 amide bonds. The molecule has 0 radical (unpaired) electrons. The molecule has 0 unspecified atom stereocenters. The van der Waals surface area contributed by atoms with Crippen LogP contribution in [-0.2, 0) is 9.74 Å². The molecule has 0 aromatic carbocycles. The molecule has 26 heavy (non-hydrogen) atoms. The maximum Gasteiger partial charge on any atom is 0.387 e. The number of halogens is 16. The van der Waals surface area contributed by atoms with Crippen LogP contribution in [0, 0.1) is 0 Å². The zero-order valence-electron chi connectivity index (χ0n) is 10.9. The van der Waals surface area contributed by atoms with E-state index < -0.39 is 35.8 Å². The molecule has 0 aliphatic carbocycles. The lowest BCUT2D eigenvalue weighted by atomic mass is 10.0. The first kappa shape index (κ1) is 29.8. The molecule has 18 heteroatoms. The van der Waals surface area contributed by atoms with Crippen LogP contribution >= 0.6 is 174 Å². The molecule has 0 spiro atoms. The van der Waals surface area contributed by atoms with E-state index in [0.717, 1.165) is 0 Å². The number of hydrogen-bond donors (Lipinski definition) is 0. The Bertz CT molecular complexity index is 550. The van der Waals surface area contributed by atoms with Gasteiger partial charge in [0.15, 0.2) is 17.3 Å². The van der Waals surface area contributed by atoms with Gasteiger partial charge in [-0.05, 0) is 0 Å². The van der Waals surface area contributed by atoms with Gasteiger partial charge in [-0.3, -0.25) is 4.94 Å². The van der Waals surface area contributed by atoms with Crippen molar-refractivity contribution in [3.8, 4) is 0 Å². The maximum atomic E-state index is 12.2. The summed E-state index contributed by atoms with van der Waals surface area (Å²) >= 11 is 87.3. The van der Waals surface area contributed by atoms with Crippen molar-refractivity contribution in [2.24, 2.45) is 0 Å². The molecule has 0 N–H and O–H groups in total. The molecule has 0 aliphatic rings. The van der Waals surface area contributed by atoms with Crippen molar-refractivity contribution in [1.82, 2.24) is 0 Å². The summed E-state index contributed by atoms with van der Waals surface area (Å²) in [5.74, 6) is -2.06. The van der Waals surface area contributed by atoms with Gasteiger partial charge in [0.2, 0.25) is 8.13 Å². The fourth-order valence-electron chi connectivity index (χ4n) is 1.14. The van der Waals surface area contributed by atoms with E-state index >= 15 is 0 Å². The van der Waals surface area contributed by atoms with Gasteiger partial charge >= 0.3 is 5.97 Å². The van der Waals surface area contributed by atoms with Crippen molar-refractivity contribution in [3.63, 3.8) is 0 Å². The van der Waals surface area contributed by atoms with E-state index in [2.05, 4.69) is 4.94 Å². The molecule has 0 aromatic heterocycles. The van der Waals surface area contributed by atoms with E-state index in [9.17, 15) is 9.32 Å². The number of rotatable bonds is 6. The van der Waals surface area contributed by atoms with Gasteiger partial charge in [0.25, 0.3) is 4.33 Å². The Morgan fingerprint density at radius 1 is 0.538 bits per heavy atom. The molecule has 0 bridgehead atoms.